The molecule has 0 saturated carbocycles. The molecule has 4 nitrogen and oxygen atoms in total. The lowest BCUT2D eigenvalue weighted by Gasteiger charge is -2.17. The highest BCUT2D eigenvalue weighted by Gasteiger charge is 2.35. The number of amides is 2. The summed E-state index contributed by atoms with van der Waals surface area (Å²) in [4.78, 5) is 26.7. The molecule has 0 aromatic heterocycles. The van der Waals surface area contributed by atoms with E-state index in [-0.39, 0.29) is 24.2 Å². The largest absolute Gasteiger partial charge is 0.326 e. The highest BCUT2D eigenvalue weighted by Crippen LogP contribution is 2.27. The van der Waals surface area contributed by atoms with Crippen molar-refractivity contribution in [2.24, 2.45) is 5.92 Å². The molecule has 2 amide bonds. The molecule has 2 aromatic carbocycles. The molecule has 1 unspecified atom stereocenters. The third-order valence-electron chi connectivity index (χ3n) is 4.80. The van der Waals surface area contributed by atoms with E-state index in [4.69, 9.17) is 0 Å². The average Bonchev–Trinajstić information content (AvgIpc) is 3.00. The summed E-state index contributed by atoms with van der Waals surface area (Å²) in [6, 6.07) is 14.0. The molecule has 130 valence electrons. The topological polar surface area (TPSA) is 49.4 Å². The second kappa shape index (κ2) is 7.09. The van der Waals surface area contributed by atoms with E-state index in [1.54, 1.807) is 4.90 Å². The molecule has 1 atom stereocenters. The van der Waals surface area contributed by atoms with Crippen LogP contribution < -0.4 is 10.2 Å². The fourth-order valence-electron chi connectivity index (χ4n) is 3.15. The van der Waals surface area contributed by atoms with Crippen molar-refractivity contribution in [1.29, 1.82) is 0 Å². The van der Waals surface area contributed by atoms with E-state index in [1.165, 1.54) is 5.56 Å². The normalized spacial score (nSPS) is 17.0. The van der Waals surface area contributed by atoms with Crippen molar-refractivity contribution in [3.63, 3.8) is 0 Å². The number of nitrogens with one attached hydrogen (secondary N) is 1. The molecule has 0 bridgehead atoms. The summed E-state index contributed by atoms with van der Waals surface area (Å²) in [6.07, 6.45) is 1.22. The molecule has 1 aliphatic rings. The molecule has 1 fully saturated rings. The minimum Gasteiger partial charge on any atom is -0.326 e. The maximum atomic E-state index is 12.6. The van der Waals surface area contributed by atoms with Crippen LogP contribution in [0.1, 0.15) is 30.0 Å². The van der Waals surface area contributed by atoms with E-state index in [1.807, 2.05) is 56.3 Å². The van der Waals surface area contributed by atoms with Crippen LogP contribution in [0.25, 0.3) is 0 Å². The van der Waals surface area contributed by atoms with Crippen LogP contribution in [-0.4, -0.2) is 18.4 Å². The van der Waals surface area contributed by atoms with E-state index in [2.05, 4.69) is 12.2 Å². The fraction of sp³-hybridized carbons (Fsp3) is 0.333. The highest BCUT2D eigenvalue weighted by molar-refractivity contribution is 6.03. The predicted octanol–water partition coefficient (Wildman–Crippen LogP) is 3.86. The number of aryl methyl sites for hydroxylation is 3. The van der Waals surface area contributed by atoms with Crippen molar-refractivity contribution >= 4 is 23.2 Å². The third-order valence-corrected chi connectivity index (χ3v) is 4.80. The lowest BCUT2D eigenvalue weighted by Crippen LogP contribution is -2.28. The number of carbonyl (C=O) groups excluding carboxylic acids is 2. The van der Waals surface area contributed by atoms with E-state index in [0.717, 1.165) is 28.9 Å². The van der Waals surface area contributed by atoms with Gasteiger partial charge in [0.1, 0.15) is 0 Å². The van der Waals surface area contributed by atoms with Crippen LogP contribution in [0.3, 0.4) is 0 Å². The molecule has 0 radical (unpaired) electrons. The second-order valence-corrected chi connectivity index (χ2v) is 6.73. The Hall–Kier alpha value is -2.62. The summed E-state index contributed by atoms with van der Waals surface area (Å²) in [7, 11) is 0. The summed E-state index contributed by atoms with van der Waals surface area (Å²) < 4.78 is 0. The van der Waals surface area contributed by atoms with E-state index in [9.17, 15) is 9.59 Å². The average molecular weight is 336 g/mol. The lowest BCUT2D eigenvalue weighted by atomic mass is 10.1. The maximum Gasteiger partial charge on any atom is 0.229 e. The van der Waals surface area contributed by atoms with Gasteiger partial charge in [-0.05, 0) is 55.2 Å². The van der Waals surface area contributed by atoms with Crippen LogP contribution in [0.15, 0.2) is 42.5 Å². The number of hydrogen-bond acceptors (Lipinski definition) is 2. The van der Waals surface area contributed by atoms with Gasteiger partial charge in [0.25, 0.3) is 0 Å². The van der Waals surface area contributed by atoms with Crippen LogP contribution in [0, 0.1) is 19.8 Å². The summed E-state index contributed by atoms with van der Waals surface area (Å²) in [6.45, 7) is 6.50. The van der Waals surface area contributed by atoms with Crippen molar-refractivity contribution in [2.75, 3.05) is 16.8 Å². The first-order valence-corrected chi connectivity index (χ1v) is 8.75. The van der Waals surface area contributed by atoms with Gasteiger partial charge in [0, 0.05) is 24.3 Å². The van der Waals surface area contributed by atoms with Gasteiger partial charge in [-0.1, -0.05) is 31.2 Å². The number of benzene rings is 2. The Kier molecular flexibility index (Phi) is 4.88. The molecular formula is C21H24N2O2. The standard InChI is InChI=1S/C21H24N2O2/c1-4-16-7-9-18(10-8-16)23-13-17(12-20(23)24)21(25)22-19-11-14(2)5-6-15(19)3/h5-11,17H,4,12-13H2,1-3H3,(H,22,25). The van der Waals surface area contributed by atoms with Crippen LogP contribution >= 0.6 is 0 Å². The van der Waals surface area contributed by atoms with Gasteiger partial charge in [-0.15, -0.1) is 0 Å². The molecule has 25 heavy (non-hydrogen) atoms. The smallest absolute Gasteiger partial charge is 0.229 e. The summed E-state index contributed by atoms with van der Waals surface area (Å²) in [5.41, 5.74) is 5.04. The predicted molar refractivity (Wildman–Crippen MR) is 101 cm³/mol. The van der Waals surface area contributed by atoms with Gasteiger partial charge in [-0.25, -0.2) is 0 Å². The molecule has 0 spiro atoms. The van der Waals surface area contributed by atoms with Crippen molar-refractivity contribution < 1.29 is 9.59 Å². The maximum absolute atomic E-state index is 12.6. The van der Waals surface area contributed by atoms with E-state index < -0.39 is 0 Å². The first kappa shape index (κ1) is 17.2. The zero-order chi connectivity index (χ0) is 18.0. The zero-order valence-electron chi connectivity index (χ0n) is 15.0. The van der Waals surface area contributed by atoms with Gasteiger partial charge in [-0.3, -0.25) is 9.59 Å². The minimum absolute atomic E-state index is 0.00497. The Bertz CT molecular complexity index is 796. The molecule has 3 rings (SSSR count). The van der Waals surface area contributed by atoms with Gasteiger partial charge in [-0.2, -0.15) is 0 Å². The SMILES string of the molecule is CCc1ccc(N2CC(C(=O)Nc3cc(C)ccc3C)CC2=O)cc1. The molecule has 0 aliphatic carbocycles. The second-order valence-electron chi connectivity index (χ2n) is 6.73. The van der Waals surface area contributed by atoms with Crippen molar-refractivity contribution in [3.05, 3.63) is 59.2 Å². The van der Waals surface area contributed by atoms with Crippen LogP contribution in [0.4, 0.5) is 11.4 Å². The summed E-state index contributed by atoms with van der Waals surface area (Å²) in [5.74, 6) is -0.404. The third kappa shape index (κ3) is 3.73. The Morgan fingerprint density at radius 2 is 1.88 bits per heavy atom. The van der Waals surface area contributed by atoms with Crippen molar-refractivity contribution in [3.8, 4) is 0 Å². The molecule has 2 aromatic rings. The minimum atomic E-state index is -0.321. The van der Waals surface area contributed by atoms with Crippen LogP contribution in [-0.2, 0) is 16.0 Å². The molecule has 4 heteroatoms. The monoisotopic (exact) mass is 336 g/mol. The summed E-state index contributed by atoms with van der Waals surface area (Å²) in [5, 5.41) is 2.99. The lowest BCUT2D eigenvalue weighted by molar-refractivity contribution is -0.122. The van der Waals surface area contributed by atoms with Gasteiger partial charge < -0.3 is 10.2 Å². The first-order chi connectivity index (χ1) is 12.0. The van der Waals surface area contributed by atoms with Gasteiger partial charge in [0.15, 0.2) is 0 Å². The number of nitrogens with zero attached hydrogens (tertiary/aromatic N) is 1. The van der Waals surface area contributed by atoms with Crippen LogP contribution in [0.5, 0.6) is 0 Å². The fourth-order valence-corrected chi connectivity index (χ4v) is 3.15. The highest BCUT2D eigenvalue weighted by atomic mass is 16.2. The van der Waals surface area contributed by atoms with Crippen LogP contribution in [0.2, 0.25) is 0 Å². The molecule has 1 heterocycles. The van der Waals surface area contributed by atoms with Crippen molar-refractivity contribution in [1.82, 2.24) is 0 Å². The number of hydrogen-bond donors (Lipinski definition) is 1. The molecule has 1 N–H and O–H groups in total. The van der Waals surface area contributed by atoms with Gasteiger partial charge in [0.2, 0.25) is 11.8 Å². The van der Waals surface area contributed by atoms with E-state index >= 15 is 0 Å². The van der Waals surface area contributed by atoms with Gasteiger partial charge >= 0.3 is 0 Å². The van der Waals surface area contributed by atoms with Crippen molar-refractivity contribution in [2.45, 2.75) is 33.6 Å². The number of carbonyl (C=O) groups is 2. The van der Waals surface area contributed by atoms with Gasteiger partial charge in [0.05, 0.1) is 5.92 Å². The molecule has 1 saturated heterocycles. The number of rotatable bonds is 4. The van der Waals surface area contributed by atoms with E-state index in [0.29, 0.717) is 6.54 Å². The Labute approximate surface area is 148 Å². The number of anilines is 2. The molecule has 1 aliphatic heterocycles. The summed E-state index contributed by atoms with van der Waals surface area (Å²) >= 11 is 0. The Morgan fingerprint density at radius 3 is 2.56 bits per heavy atom. The quantitative estimate of drug-likeness (QED) is 0.922. The Morgan fingerprint density at radius 1 is 1.16 bits per heavy atom. The zero-order valence-corrected chi connectivity index (χ0v) is 15.0. The Balaban J connectivity index is 1.70. The first-order valence-electron chi connectivity index (χ1n) is 8.75. The molecular weight excluding hydrogens is 312 g/mol.